The van der Waals surface area contributed by atoms with Crippen LogP contribution in [0.4, 0.5) is 0 Å². The molecule has 0 spiro atoms. The zero-order valence-corrected chi connectivity index (χ0v) is 9.19. The molecule has 0 aromatic carbocycles. The summed E-state index contributed by atoms with van der Waals surface area (Å²) >= 11 is 0. The van der Waals surface area contributed by atoms with E-state index in [2.05, 4.69) is 6.92 Å². The van der Waals surface area contributed by atoms with Crippen LogP contribution in [0.3, 0.4) is 0 Å². The van der Waals surface area contributed by atoms with E-state index in [0.717, 1.165) is 19.3 Å². The monoisotopic (exact) mass is 214 g/mol. The molecule has 0 aromatic heterocycles. The van der Waals surface area contributed by atoms with Gasteiger partial charge in [0.05, 0.1) is 5.92 Å². The molecule has 0 aliphatic heterocycles. The largest absolute Gasteiger partial charge is 0.481 e. The lowest BCUT2D eigenvalue weighted by Gasteiger charge is -2.07. The average molecular weight is 214 g/mol. The number of hydrogen-bond acceptors (Lipinski definition) is 2. The van der Waals surface area contributed by atoms with Gasteiger partial charge in [0, 0.05) is 5.57 Å². The molecule has 0 aliphatic rings. The van der Waals surface area contributed by atoms with Gasteiger partial charge in [-0.3, -0.25) is 4.79 Å². The van der Waals surface area contributed by atoms with E-state index in [1.165, 1.54) is 13.0 Å². The second-order valence-corrected chi connectivity index (χ2v) is 3.52. The first-order valence-corrected chi connectivity index (χ1v) is 5.16. The SMILES string of the molecule is CCCCC/C=C(\C(=O)O)[C@H](C)C(=O)O. The molecule has 0 unspecified atom stereocenters. The summed E-state index contributed by atoms with van der Waals surface area (Å²) in [5, 5.41) is 17.5. The number of rotatable bonds is 7. The molecule has 0 saturated heterocycles. The molecule has 0 bridgehead atoms. The fourth-order valence-electron chi connectivity index (χ4n) is 1.23. The highest BCUT2D eigenvalue weighted by Gasteiger charge is 2.21. The predicted molar refractivity (Wildman–Crippen MR) is 56.7 cm³/mol. The van der Waals surface area contributed by atoms with Gasteiger partial charge in [0.1, 0.15) is 0 Å². The van der Waals surface area contributed by atoms with Crippen molar-refractivity contribution in [3.8, 4) is 0 Å². The second-order valence-electron chi connectivity index (χ2n) is 3.52. The molecular formula is C11H18O4. The van der Waals surface area contributed by atoms with Crippen molar-refractivity contribution in [2.75, 3.05) is 0 Å². The van der Waals surface area contributed by atoms with Crippen molar-refractivity contribution < 1.29 is 19.8 Å². The number of unbranched alkanes of at least 4 members (excludes halogenated alkanes) is 3. The van der Waals surface area contributed by atoms with Gasteiger partial charge in [0.25, 0.3) is 0 Å². The lowest BCUT2D eigenvalue weighted by atomic mass is 9.99. The summed E-state index contributed by atoms with van der Waals surface area (Å²) in [6, 6.07) is 0. The summed E-state index contributed by atoms with van der Waals surface area (Å²) in [6.45, 7) is 3.45. The maximum Gasteiger partial charge on any atom is 0.332 e. The van der Waals surface area contributed by atoms with Crippen molar-refractivity contribution in [1.29, 1.82) is 0 Å². The minimum atomic E-state index is -1.14. The Balaban J connectivity index is 4.38. The van der Waals surface area contributed by atoms with Crippen LogP contribution in [0.1, 0.15) is 39.5 Å². The van der Waals surface area contributed by atoms with Crippen LogP contribution in [0.2, 0.25) is 0 Å². The van der Waals surface area contributed by atoms with E-state index in [1.54, 1.807) is 0 Å². The first kappa shape index (κ1) is 13.7. The number of hydrogen-bond donors (Lipinski definition) is 2. The second kappa shape index (κ2) is 7.04. The van der Waals surface area contributed by atoms with Crippen molar-refractivity contribution >= 4 is 11.9 Å². The van der Waals surface area contributed by atoms with E-state index < -0.39 is 17.9 Å². The van der Waals surface area contributed by atoms with Crippen LogP contribution >= 0.6 is 0 Å². The van der Waals surface area contributed by atoms with Gasteiger partial charge in [-0.05, 0) is 19.8 Å². The fraction of sp³-hybridized carbons (Fsp3) is 0.636. The molecule has 0 aliphatic carbocycles. The van der Waals surface area contributed by atoms with Crippen LogP contribution in [-0.2, 0) is 9.59 Å². The summed E-state index contributed by atoms with van der Waals surface area (Å²) in [5.74, 6) is -3.18. The van der Waals surface area contributed by atoms with Gasteiger partial charge in [-0.1, -0.05) is 25.8 Å². The Bertz CT molecular complexity index is 255. The molecule has 1 atom stereocenters. The van der Waals surface area contributed by atoms with Gasteiger partial charge in [-0.15, -0.1) is 0 Å². The molecule has 0 heterocycles. The molecule has 0 radical (unpaired) electrons. The maximum absolute atomic E-state index is 10.8. The number of carboxylic acids is 2. The Morgan fingerprint density at radius 2 is 1.87 bits per heavy atom. The van der Waals surface area contributed by atoms with Gasteiger partial charge in [0.15, 0.2) is 0 Å². The molecule has 4 heteroatoms. The quantitative estimate of drug-likeness (QED) is 0.503. The summed E-state index contributed by atoms with van der Waals surface area (Å²) in [7, 11) is 0. The molecule has 86 valence electrons. The first-order valence-electron chi connectivity index (χ1n) is 5.16. The average Bonchev–Trinajstić information content (AvgIpc) is 2.16. The third-order valence-corrected chi connectivity index (χ3v) is 2.26. The number of carbonyl (C=O) groups is 2. The van der Waals surface area contributed by atoms with Crippen LogP contribution in [0.5, 0.6) is 0 Å². The highest BCUT2D eigenvalue weighted by Crippen LogP contribution is 2.13. The van der Waals surface area contributed by atoms with E-state index in [9.17, 15) is 9.59 Å². The topological polar surface area (TPSA) is 74.6 Å². The zero-order valence-electron chi connectivity index (χ0n) is 9.19. The summed E-state index contributed by atoms with van der Waals surface area (Å²) in [6.07, 6.45) is 5.15. The zero-order chi connectivity index (χ0) is 11.8. The maximum atomic E-state index is 10.8. The summed E-state index contributed by atoms with van der Waals surface area (Å²) < 4.78 is 0. The highest BCUT2D eigenvalue weighted by molar-refractivity contribution is 5.93. The minimum Gasteiger partial charge on any atom is -0.481 e. The highest BCUT2D eigenvalue weighted by atomic mass is 16.4. The van der Waals surface area contributed by atoms with Crippen molar-refractivity contribution in [2.45, 2.75) is 39.5 Å². The normalized spacial score (nSPS) is 13.6. The Labute approximate surface area is 89.6 Å². The third-order valence-electron chi connectivity index (χ3n) is 2.26. The molecular weight excluding hydrogens is 196 g/mol. The lowest BCUT2D eigenvalue weighted by molar-refractivity contribution is -0.143. The molecule has 0 fully saturated rings. The van der Waals surface area contributed by atoms with Crippen molar-refractivity contribution in [2.24, 2.45) is 5.92 Å². The fourth-order valence-corrected chi connectivity index (χ4v) is 1.23. The Hall–Kier alpha value is -1.32. The van der Waals surface area contributed by atoms with Gasteiger partial charge < -0.3 is 10.2 Å². The molecule has 15 heavy (non-hydrogen) atoms. The third kappa shape index (κ3) is 5.20. The van der Waals surface area contributed by atoms with E-state index in [1.807, 2.05) is 0 Å². The Morgan fingerprint density at radius 1 is 1.27 bits per heavy atom. The van der Waals surface area contributed by atoms with Crippen LogP contribution in [0, 0.1) is 5.92 Å². The van der Waals surface area contributed by atoms with Gasteiger partial charge in [-0.25, -0.2) is 4.79 Å². The first-order chi connectivity index (χ1) is 7.00. The van der Waals surface area contributed by atoms with Crippen molar-refractivity contribution in [3.63, 3.8) is 0 Å². The van der Waals surface area contributed by atoms with E-state index in [0.29, 0.717) is 6.42 Å². The van der Waals surface area contributed by atoms with Crippen LogP contribution in [0.15, 0.2) is 11.6 Å². The summed E-state index contributed by atoms with van der Waals surface area (Å²) in [4.78, 5) is 21.4. The van der Waals surface area contributed by atoms with Crippen molar-refractivity contribution in [1.82, 2.24) is 0 Å². The number of carboxylic acid groups (broad SMARTS) is 2. The molecule has 0 rings (SSSR count). The van der Waals surface area contributed by atoms with Gasteiger partial charge in [-0.2, -0.15) is 0 Å². The van der Waals surface area contributed by atoms with Gasteiger partial charge in [0.2, 0.25) is 0 Å². The number of aliphatic carboxylic acids is 2. The lowest BCUT2D eigenvalue weighted by Crippen LogP contribution is -2.18. The Kier molecular flexibility index (Phi) is 6.42. The van der Waals surface area contributed by atoms with E-state index in [-0.39, 0.29) is 5.57 Å². The van der Waals surface area contributed by atoms with Crippen LogP contribution < -0.4 is 0 Å². The standard InChI is InChI=1S/C11H18O4/c1-3-4-5-6-7-9(11(14)15)8(2)10(12)13/h7-8H,3-6H2,1-2H3,(H,12,13)(H,14,15)/b9-7-/t8-/m0/s1. The van der Waals surface area contributed by atoms with E-state index >= 15 is 0 Å². The molecule has 4 nitrogen and oxygen atoms in total. The Morgan fingerprint density at radius 3 is 2.27 bits per heavy atom. The van der Waals surface area contributed by atoms with Crippen molar-refractivity contribution in [3.05, 3.63) is 11.6 Å². The van der Waals surface area contributed by atoms with Crippen LogP contribution in [-0.4, -0.2) is 22.2 Å². The summed E-state index contributed by atoms with van der Waals surface area (Å²) in [5.41, 5.74) is -0.0152. The van der Waals surface area contributed by atoms with Crippen LogP contribution in [0.25, 0.3) is 0 Å². The molecule has 0 amide bonds. The molecule has 0 aromatic rings. The van der Waals surface area contributed by atoms with Gasteiger partial charge >= 0.3 is 11.9 Å². The number of allylic oxidation sites excluding steroid dienone is 1. The molecule has 0 saturated carbocycles. The minimum absolute atomic E-state index is 0.0152. The predicted octanol–water partition coefficient (Wildman–Crippen LogP) is 2.30. The molecule has 2 N–H and O–H groups in total. The smallest absolute Gasteiger partial charge is 0.332 e. The van der Waals surface area contributed by atoms with E-state index in [4.69, 9.17) is 10.2 Å².